The number of halogens is 3. The van der Waals surface area contributed by atoms with Crippen molar-refractivity contribution in [3.63, 3.8) is 0 Å². The van der Waals surface area contributed by atoms with Crippen LogP contribution in [0.1, 0.15) is 134 Å². The second kappa shape index (κ2) is 232. The lowest BCUT2D eigenvalue weighted by atomic mass is 10.3. The molecule has 1 nitrogen and oxygen atoms in total. The number of hydrogen-bond acceptors (Lipinski definition) is 1. The number of alkyl halides is 3. The fourth-order valence-electron chi connectivity index (χ4n) is 0.167. The van der Waals surface area contributed by atoms with E-state index in [0.29, 0.717) is 13.3 Å². The second-order valence-electron chi connectivity index (χ2n) is 3.40. The molecular formula is C24H73F3O. The quantitative estimate of drug-likeness (QED) is 0.419. The molecule has 1 atom stereocenters. The molecule has 0 fully saturated rings. The van der Waals surface area contributed by atoms with E-state index in [4.69, 9.17) is 4.74 Å². The maximum absolute atomic E-state index is 10.3. The summed E-state index contributed by atoms with van der Waals surface area (Å²) in [6.07, 6.45) is 4.04. The highest BCUT2D eigenvalue weighted by molar-refractivity contribution is 4.38. The molecule has 0 bridgehead atoms. The first kappa shape index (κ1) is 105. The van der Waals surface area contributed by atoms with Crippen LogP contribution in [0, 0.1) is 0 Å². The Morgan fingerprint density at radius 3 is 0.679 bits per heavy atom. The zero-order chi connectivity index (χ0) is 17.8. The zero-order valence-electron chi connectivity index (χ0n) is 15.7. The maximum atomic E-state index is 10.3. The van der Waals surface area contributed by atoms with Gasteiger partial charge in [-0.3, -0.25) is 13.2 Å². The molecule has 0 saturated carbocycles. The van der Waals surface area contributed by atoms with Gasteiger partial charge in [-0.1, -0.05) is 107 Å². The van der Waals surface area contributed by atoms with Crippen LogP contribution in [0.5, 0.6) is 0 Å². The van der Waals surface area contributed by atoms with Crippen molar-refractivity contribution in [2.24, 2.45) is 0 Å². The molecule has 0 heterocycles. The fourth-order valence-corrected chi connectivity index (χ4v) is 0.167. The van der Waals surface area contributed by atoms with Crippen LogP contribution in [0.15, 0.2) is 0 Å². The minimum absolute atomic E-state index is 0. The van der Waals surface area contributed by atoms with Crippen molar-refractivity contribution in [3.05, 3.63) is 0 Å². The summed E-state index contributed by atoms with van der Waals surface area (Å²) in [6, 6.07) is 0. The predicted molar refractivity (Wildman–Crippen MR) is 143 cm³/mol. The summed E-state index contributed by atoms with van der Waals surface area (Å²) >= 11 is 0. The number of hydrogen-bond donors (Lipinski definition) is 0. The van der Waals surface area contributed by atoms with Gasteiger partial charge in [-0.25, -0.2) is 0 Å². The van der Waals surface area contributed by atoms with Gasteiger partial charge in [-0.05, 0) is 27.2 Å². The molecule has 0 aromatic rings. The van der Waals surface area contributed by atoms with E-state index in [1.165, 1.54) is 26.7 Å². The maximum Gasteiger partial charge on any atom is 0.0866 e. The van der Waals surface area contributed by atoms with E-state index in [0.717, 1.165) is 6.42 Å². The Kier molecular flexibility index (Phi) is 869. The summed E-state index contributed by atoms with van der Waals surface area (Å²) in [5.74, 6) is 0. The Morgan fingerprint density at radius 1 is 0.571 bits per heavy atom. The predicted octanol–water partition coefficient (Wildman–Crippen LogP) is 11.9. The van der Waals surface area contributed by atoms with Gasteiger partial charge in [-0.15, -0.1) is 0 Å². The summed E-state index contributed by atoms with van der Waals surface area (Å²) in [7, 11) is 2.23. The molecular weight excluding hydrogens is 361 g/mol. The average molecular weight is 435 g/mol. The van der Waals surface area contributed by atoms with Gasteiger partial charge in [0.05, 0.1) is 26.6 Å². The van der Waals surface area contributed by atoms with E-state index in [1.807, 2.05) is 0 Å². The number of rotatable bonds is 2. The second-order valence-corrected chi connectivity index (χ2v) is 3.40. The first-order chi connectivity index (χ1) is 9.46. The molecule has 0 saturated heterocycles. The Labute approximate surface area is 186 Å². The minimum Gasteiger partial charge on any atom is -0.382 e. The third-order valence-electron chi connectivity index (χ3n) is 0.977. The van der Waals surface area contributed by atoms with Crippen molar-refractivity contribution in [2.75, 3.05) is 27.6 Å². The van der Waals surface area contributed by atoms with Crippen molar-refractivity contribution in [2.45, 2.75) is 140 Å². The molecule has 1 unspecified atom stereocenters. The van der Waals surface area contributed by atoms with Crippen LogP contribution >= 0.6 is 0 Å². The molecule has 0 rings (SSSR count). The van der Waals surface area contributed by atoms with E-state index in [1.54, 1.807) is 7.11 Å². The van der Waals surface area contributed by atoms with Crippen LogP contribution in [0.3, 0.4) is 0 Å². The highest BCUT2D eigenvalue weighted by Gasteiger charge is 1.88. The van der Waals surface area contributed by atoms with Crippen molar-refractivity contribution in [1.29, 1.82) is 0 Å². The third-order valence-corrected chi connectivity index (χ3v) is 0.977. The van der Waals surface area contributed by atoms with E-state index in [2.05, 4.69) is 41.5 Å². The van der Waals surface area contributed by atoms with Gasteiger partial charge in [-0.2, -0.15) is 0 Å². The normalized spacial score (nSPS) is 5.89. The SMILES string of the molecule is C.C.C.C.C.C.C.C.CCC.CCC.CCC(C)OC.CCF.CCF.CF. The summed E-state index contributed by atoms with van der Waals surface area (Å²) in [4.78, 5) is 0. The first-order valence-corrected chi connectivity index (χ1v) is 7.49. The number of methoxy groups -OCH3 is 1. The van der Waals surface area contributed by atoms with Crippen LogP contribution in [-0.4, -0.2) is 33.7 Å². The highest BCUT2D eigenvalue weighted by atomic mass is 19.1. The van der Waals surface area contributed by atoms with Crippen LogP contribution in [0.4, 0.5) is 13.2 Å². The highest BCUT2D eigenvalue weighted by Crippen LogP contribution is 1.89. The topological polar surface area (TPSA) is 9.23 Å². The van der Waals surface area contributed by atoms with Crippen LogP contribution in [0.25, 0.3) is 0 Å². The lowest BCUT2D eigenvalue weighted by Gasteiger charge is -2.01. The van der Waals surface area contributed by atoms with E-state index < -0.39 is 0 Å². The molecule has 0 N–H and O–H groups in total. The van der Waals surface area contributed by atoms with Crippen molar-refractivity contribution >= 4 is 0 Å². The van der Waals surface area contributed by atoms with Gasteiger partial charge < -0.3 is 4.74 Å². The lowest BCUT2D eigenvalue weighted by Crippen LogP contribution is -2.00. The molecule has 0 aliphatic heterocycles. The summed E-state index contributed by atoms with van der Waals surface area (Å²) in [5.41, 5.74) is 0. The molecule has 0 aliphatic rings. The van der Waals surface area contributed by atoms with Crippen molar-refractivity contribution < 1.29 is 17.9 Å². The van der Waals surface area contributed by atoms with Crippen LogP contribution in [-0.2, 0) is 4.74 Å². The third kappa shape index (κ3) is 1120. The Hall–Kier alpha value is -0.250. The molecule has 0 amide bonds. The molecule has 196 valence electrons. The summed E-state index contributed by atoms with van der Waals surface area (Å²) < 4.78 is 35.0. The van der Waals surface area contributed by atoms with E-state index >= 15 is 0 Å². The minimum atomic E-state index is -0.250. The van der Waals surface area contributed by atoms with Gasteiger partial charge in [0.25, 0.3) is 0 Å². The molecule has 0 aromatic carbocycles. The standard InChI is InChI=1S/C5H12O.2C3H8.2C2H5F.CH3F.8CH4/c1-4-5(2)6-3;2*1-3-2;2*1-2-3;1-2;;;;;;;;/h5H,4H2,1-3H3;2*3H2,1-2H3;2*2H2,1H3;1H3;8*1H4. The van der Waals surface area contributed by atoms with Gasteiger partial charge in [0.2, 0.25) is 0 Å². The zero-order valence-corrected chi connectivity index (χ0v) is 15.7. The van der Waals surface area contributed by atoms with Gasteiger partial charge in [0, 0.05) is 7.11 Å². The molecule has 0 aliphatic carbocycles. The van der Waals surface area contributed by atoms with Gasteiger partial charge >= 0.3 is 0 Å². The fraction of sp³-hybridized carbons (Fsp3) is 1.00. The summed E-state index contributed by atoms with van der Waals surface area (Å²) in [5, 5.41) is 0. The number of ether oxygens (including phenoxy) is 1. The lowest BCUT2D eigenvalue weighted by molar-refractivity contribution is 0.115. The van der Waals surface area contributed by atoms with E-state index in [9.17, 15) is 13.2 Å². The molecule has 0 spiro atoms. The van der Waals surface area contributed by atoms with Crippen molar-refractivity contribution in [3.8, 4) is 0 Å². The van der Waals surface area contributed by atoms with Crippen LogP contribution in [0.2, 0.25) is 0 Å². The first-order valence-electron chi connectivity index (χ1n) is 7.49. The van der Waals surface area contributed by atoms with Crippen LogP contribution < -0.4 is 0 Å². The Morgan fingerprint density at radius 2 is 0.679 bits per heavy atom. The Balaban J connectivity index is -0.00000000683. The van der Waals surface area contributed by atoms with Gasteiger partial charge in [0.1, 0.15) is 0 Å². The Bertz CT molecular complexity index is 64.9. The average Bonchev–Trinajstić information content (AvgIpc) is 2.43. The van der Waals surface area contributed by atoms with Crippen molar-refractivity contribution in [1.82, 2.24) is 0 Å². The summed E-state index contributed by atoms with van der Waals surface area (Å²) in [6.45, 7) is 15.1. The largest absolute Gasteiger partial charge is 0.382 e. The molecule has 28 heavy (non-hydrogen) atoms. The monoisotopic (exact) mass is 435 g/mol. The molecule has 4 heteroatoms. The molecule has 0 radical (unpaired) electrons. The van der Waals surface area contributed by atoms with E-state index in [-0.39, 0.29) is 72.8 Å². The molecule has 0 aromatic heterocycles. The van der Waals surface area contributed by atoms with Gasteiger partial charge in [0.15, 0.2) is 0 Å². The smallest absolute Gasteiger partial charge is 0.0866 e.